The molecule has 0 aliphatic carbocycles. The molecule has 34 heavy (non-hydrogen) atoms. The molecule has 0 spiro atoms. The van der Waals surface area contributed by atoms with Crippen molar-refractivity contribution in [2.75, 3.05) is 17.8 Å². The zero-order valence-electron chi connectivity index (χ0n) is 18.3. The van der Waals surface area contributed by atoms with E-state index in [1.165, 1.54) is 28.3 Å². The summed E-state index contributed by atoms with van der Waals surface area (Å²) < 4.78 is 48.2. The van der Waals surface area contributed by atoms with E-state index in [1.807, 2.05) is 0 Å². The molecular formula is C22H24ClFN4O4S2. The van der Waals surface area contributed by atoms with E-state index in [1.54, 1.807) is 25.1 Å². The maximum absolute atomic E-state index is 14.8. The fourth-order valence-electron chi connectivity index (χ4n) is 3.11. The first kappa shape index (κ1) is 25.9. The van der Waals surface area contributed by atoms with Crippen LogP contribution < -0.4 is 20.5 Å². The van der Waals surface area contributed by atoms with Gasteiger partial charge in [-0.1, -0.05) is 11.6 Å². The third-order valence-corrected chi connectivity index (χ3v) is 6.97. The van der Waals surface area contributed by atoms with Crippen LogP contribution in [0.5, 0.6) is 11.5 Å². The molecule has 12 heteroatoms. The summed E-state index contributed by atoms with van der Waals surface area (Å²) in [7, 11) is -4.15. The molecule has 4 N–H and O–H groups in total. The van der Waals surface area contributed by atoms with Gasteiger partial charge in [-0.3, -0.25) is 9.52 Å². The lowest BCUT2D eigenvalue weighted by atomic mass is 10.1. The van der Waals surface area contributed by atoms with E-state index >= 15 is 0 Å². The molecule has 0 aliphatic heterocycles. The summed E-state index contributed by atoms with van der Waals surface area (Å²) in [5, 5.41) is 5.17. The van der Waals surface area contributed by atoms with E-state index in [4.69, 9.17) is 22.1 Å². The molecule has 0 bridgehead atoms. The molecule has 0 aliphatic rings. The predicted molar refractivity (Wildman–Crippen MR) is 131 cm³/mol. The van der Waals surface area contributed by atoms with E-state index in [0.717, 1.165) is 18.1 Å². The Morgan fingerprint density at radius 2 is 2.03 bits per heavy atom. The number of carbonyl (C=O) groups excluding carboxylic acids is 1. The average Bonchev–Trinajstić information content (AvgIpc) is 3.26. The van der Waals surface area contributed by atoms with Crippen molar-refractivity contribution in [3.8, 4) is 11.5 Å². The maximum Gasteiger partial charge on any atom is 0.266 e. The summed E-state index contributed by atoms with van der Waals surface area (Å²) in [5.74, 6) is -0.512. The van der Waals surface area contributed by atoms with E-state index in [2.05, 4.69) is 15.0 Å². The van der Waals surface area contributed by atoms with Gasteiger partial charge >= 0.3 is 0 Å². The number of carbonyl (C=O) groups is 1. The van der Waals surface area contributed by atoms with Crippen LogP contribution in [0.1, 0.15) is 24.0 Å². The number of hydrogen-bond acceptors (Lipinski definition) is 7. The molecule has 0 atom stereocenters. The fourth-order valence-corrected chi connectivity index (χ4v) is 5.01. The van der Waals surface area contributed by atoms with Gasteiger partial charge in [0.1, 0.15) is 22.2 Å². The summed E-state index contributed by atoms with van der Waals surface area (Å²) in [6.45, 7) is 2.79. The van der Waals surface area contributed by atoms with Crippen molar-refractivity contribution in [3.05, 3.63) is 63.2 Å². The number of rotatable bonds is 12. The van der Waals surface area contributed by atoms with E-state index in [0.29, 0.717) is 35.8 Å². The number of sulfonamides is 1. The van der Waals surface area contributed by atoms with Crippen molar-refractivity contribution in [3.63, 3.8) is 0 Å². The van der Waals surface area contributed by atoms with Gasteiger partial charge in [-0.2, -0.15) is 0 Å². The Morgan fingerprint density at radius 1 is 1.24 bits per heavy atom. The summed E-state index contributed by atoms with van der Waals surface area (Å²) in [5.41, 5.74) is 7.84. The van der Waals surface area contributed by atoms with Crippen molar-refractivity contribution >= 4 is 44.7 Å². The second-order valence-corrected chi connectivity index (χ2v) is 10.3. The quantitative estimate of drug-likeness (QED) is 0.303. The molecule has 0 saturated heterocycles. The molecule has 0 saturated carbocycles. The number of amides is 1. The molecule has 1 amide bonds. The van der Waals surface area contributed by atoms with Crippen LogP contribution in [-0.2, 0) is 21.2 Å². The fraction of sp³-hybridized carbons (Fsp3) is 0.273. The van der Waals surface area contributed by atoms with E-state index in [9.17, 15) is 17.6 Å². The Bertz CT molecular complexity index is 1250. The van der Waals surface area contributed by atoms with Crippen molar-refractivity contribution < 1.29 is 22.3 Å². The van der Waals surface area contributed by atoms with Crippen LogP contribution >= 0.6 is 22.9 Å². The molecule has 3 aromatic rings. The van der Waals surface area contributed by atoms with Gasteiger partial charge in [0.15, 0.2) is 5.82 Å². The number of hydrogen-bond donors (Lipinski definition) is 3. The van der Waals surface area contributed by atoms with Crippen LogP contribution in [0.25, 0.3) is 0 Å². The minimum Gasteiger partial charge on any atom is -0.457 e. The molecule has 1 heterocycles. The number of ether oxygens (including phenoxy) is 1. The Hall–Kier alpha value is -2.73. The number of aromatic nitrogens is 1. The molecule has 2 aromatic carbocycles. The number of benzene rings is 2. The Balaban J connectivity index is 1.74. The van der Waals surface area contributed by atoms with Gasteiger partial charge in [0, 0.05) is 29.4 Å². The third kappa shape index (κ3) is 7.13. The summed E-state index contributed by atoms with van der Waals surface area (Å²) in [6, 6.07) is 7.38. The number of nitrogens with one attached hydrogen (secondary N) is 2. The average molecular weight is 527 g/mol. The molecular weight excluding hydrogens is 503 g/mol. The Labute approximate surface area is 206 Å². The van der Waals surface area contributed by atoms with Crippen LogP contribution in [0.4, 0.5) is 10.2 Å². The van der Waals surface area contributed by atoms with Crippen LogP contribution in [0.15, 0.2) is 46.1 Å². The molecule has 0 fully saturated rings. The van der Waals surface area contributed by atoms with Gasteiger partial charge in [0.2, 0.25) is 5.91 Å². The highest BCUT2D eigenvalue weighted by atomic mass is 35.5. The Morgan fingerprint density at radius 3 is 2.74 bits per heavy atom. The second kappa shape index (κ2) is 11.6. The first-order valence-electron chi connectivity index (χ1n) is 10.3. The van der Waals surface area contributed by atoms with Crippen molar-refractivity contribution in [1.29, 1.82) is 0 Å². The van der Waals surface area contributed by atoms with Crippen LogP contribution in [0.2, 0.25) is 5.02 Å². The molecule has 8 nitrogen and oxygen atoms in total. The first-order valence-corrected chi connectivity index (χ1v) is 13.1. The van der Waals surface area contributed by atoms with Crippen LogP contribution in [0.3, 0.4) is 0 Å². The summed E-state index contributed by atoms with van der Waals surface area (Å²) >= 11 is 7.36. The number of halogens is 2. The summed E-state index contributed by atoms with van der Waals surface area (Å²) in [4.78, 5) is 14.2. The molecule has 182 valence electrons. The van der Waals surface area contributed by atoms with Crippen LogP contribution in [0, 0.1) is 12.7 Å². The second-order valence-electron chi connectivity index (χ2n) is 7.45. The molecule has 1 aromatic heterocycles. The zero-order chi connectivity index (χ0) is 24.7. The molecule has 3 rings (SSSR count). The largest absolute Gasteiger partial charge is 0.457 e. The minimum absolute atomic E-state index is 0.123. The smallest absolute Gasteiger partial charge is 0.266 e. The summed E-state index contributed by atoms with van der Waals surface area (Å²) in [6.07, 6.45) is 1.62. The zero-order valence-corrected chi connectivity index (χ0v) is 20.7. The van der Waals surface area contributed by atoms with Gasteiger partial charge in [0.25, 0.3) is 10.0 Å². The van der Waals surface area contributed by atoms with Gasteiger partial charge in [0.05, 0.1) is 5.51 Å². The highest BCUT2D eigenvalue weighted by Gasteiger charge is 2.22. The lowest BCUT2D eigenvalue weighted by molar-refractivity contribution is -0.117. The Kier molecular flexibility index (Phi) is 8.84. The van der Waals surface area contributed by atoms with Crippen LogP contribution in [-0.4, -0.2) is 32.4 Å². The maximum atomic E-state index is 14.8. The standard InChI is InChI=1S/C22H24ClFN4O4S2/c1-14-9-20(34(30,31)28-22-12-33-13-27-22)17(24)11-19(14)32-18-5-4-16(23)10-15(18)3-2-7-26-8-6-21(25)29/h4-5,9-13,26,28H,2-3,6-8H2,1H3,(H2,25,29). The normalized spacial score (nSPS) is 11.4. The van der Waals surface area contributed by atoms with Gasteiger partial charge < -0.3 is 15.8 Å². The molecule has 0 unspecified atom stereocenters. The van der Waals surface area contributed by atoms with Crippen molar-refractivity contribution in [2.45, 2.75) is 31.1 Å². The number of nitrogens with two attached hydrogens (primary N) is 1. The van der Waals surface area contributed by atoms with Crippen molar-refractivity contribution in [2.24, 2.45) is 5.73 Å². The number of primary amides is 1. The topological polar surface area (TPSA) is 123 Å². The predicted octanol–water partition coefficient (Wildman–Crippen LogP) is 4.23. The number of nitrogens with zero attached hydrogens (tertiary/aromatic N) is 1. The SMILES string of the molecule is Cc1cc(S(=O)(=O)Nc2cscn2)c(F)cc1Oc1ccc(Cl)cc1CCCNCCC(N)=O. The molecule has 0 radical (unpaired) electrons. The van der Waals surface area contributed by atoms with Crippen molar-refractivity contribution in [1.82, 2.24) is 10.3 Å². The van der Waals surface area contributed by atoms with Gasteiger partial charge in [-0.15, -0.1) is 11.3 Å². The lowest BCUT2D eigenvalue weighted by Gasteiger charge is -2.15. The number of anilines is 1. The number of thiazole rings is 1. The number of aryl methyl sites for hydroxylation is 2. The first-order chi connectivity index (χ1) is 16.2. The monoisotopic (exact) mass is 526 g/mol. The minimum atomic E-state index is -4.15. The van der Waals surface area contributed by atoms with Gasteiger partial charge in [-0.05, 0) is 61.7 Å². The van der Waals surface area contributed by atoms with E-state index < -0.39 is 20.7 Å². The highest BCUT2D eigenvalue weighted by molar-refractivity contribution is 7.92. The highest BCUT2D eigenvalue weighted by Crippen LogP contribution is 2.33. The third-order valence-electron chi connectivity index (χ3n) is 4.78. The van der Waals surface area contributed by atoms with Gasteiger partial charge in [-0.25, -0.2) is 17.8 Å². The van der Waals surface area contributed by atoms with E-state index in [-0.39, 0.29) is 23.9 Å². The lowest BCUT2D eigenvalue weighted by Crippen LogP contribution is -2.23.